The number of pyridine rings is 1. The van der Waals surface area contributed by atoms with E-state index in [4.69, 9.17) is 14.8 Å². The fourth-order valence-electron chi connectivity index (χ4n) is 9.02. The first kappa shape index (κ1) is 38.6. The molecule has 0 bridgehead atoms. The third-order valence-electron chi connectivity index (χ3n) is 12.0. The van der Waals surface area contributed by atoms with E-state index < -0.39 is 0 Å². The van der Waals surface area contributed by atoms with Crippen LogP contribution in [0.1, 0.15) is 129 Å². The number of benzene rings is 3. The quantitative estimate of drug-likeness (QED) is 0.160. The molecule has 3 aromatic carbocycles. The maximum atomic E-state index is 6.88. The zero-order valence-electron chi connectivity index (χ0n) is 35.8. The second-order valence-electron chi connectivity index (χ2n) is 19.7. The van der Waals surface area contributed by atoms with Crippen LogP contribution in [-0.4, -0.2) is 19.3 Å². The first-order valence-corrected chi connectivity index (χ1v) is 20.3. The van der Waals surface area contributed by atoms with Gasteiger partial charge in [-0.15, -0.1) is 0 Å². The Morgan fingerprint density at radius 3 is 2.15 bits per heavy atom. The second-order valence-corrected chi connectivity index (χ2v) is 19.7. The van der Waals surface area contributed by atoms with Crippen LogP contribution in [0.5, 0.6) is 11.5 Å². The molecule has 0 radical (unpaired) electrons. The van der Waals surface area contributed by atoms with Gasteiger partial charge in [-0.1, -0.05) is 113 Å². The minimum Gasteiger partial charge on any atom is -0.457 e. The summed E-state index contributed by atoms with van der Waals surface area (Å²) in [5.41, 5.74) is 11.0. The van der Waals surface area contributed by atoms with Gasteiger partial charge in [-0.05, 0) is 108 Å². The van der Waals surface area contributed by atoms with Gasteiger partial charge in [0.15, 0.2) is 0 Å². The number of nitrogens with zero attached hydrogens (tertiary/aromatic N) is 4. The molecule has 3 heterocycles. The van der Waals surface area contributed by atoms with E-state index >= 15 is 0 Å². The molecule has 0 saturated heterocycles. The van der Waals surface area contributed by atoms with Crippen molar-refractivity contribution in [3.05, 3.63) is 119 Å². The third-order valence-corrected chi connectivity index (χ3v) is 12.0. The van der Waals surface area contributed by atoms with Gasteiger partial charge in [-0.25, -0.2) is 9.67 Å². The topological polar surface area (TPSA) is 44.9 Å². The van der Waals surface area contributed by atoms with Gasteiger partial charge in [0.05, 0.1) is 22.4 Å². The van der Waals surface area contributed by atoms with E-state index in [1.54, 1.807) is 5.57 Å². The van der Waals surface area contributed by atoms with Gasteiger partial charge < -0.3 is 4.74 Å². The van der Waals surface area contributed by atoms with Crippen molar-refractivity contribution < 1.29 is 4.74 Å². The summed E-state index contributed by atoms with van der Waals surface area (Å²) < 4.78 is 11.3. The van der Waals surface area contributed by atoms with Crippen molar-refractivity contribution >= 4 is 21.8 Å². The number of rotatable bonds is 6. The Labute approximate surface area is 329 Å². The molecule has 1 aliphatic carbocycles. The summed E-state index contributed by atoms with van der Waals surface area (Å²) in [6.07, 6.45) is 5.67. The van der Waals surface area contributed by atoms with Crippen LogP contribution < -0.4 is 4.74 Å². The Morgan fingerprint density at radius 2 is 1.47 bits per heavy atom. The lowest BCUT2D eigenvalue weighted by Crippen LogP contribution is -2.36. The summed E-state index contributed by atoms with van der Waals surface area (Å²) in [5.74, 6) is 4.26. The predicted octanol–water partition coefficient (Wildman–Crippen LogP) is 14.0. The number of hydrogen-bond acceptors (Lipinski definition) is 3. The van der Waals surface area contributed by atoms with Gasteiger partial charge in [0.1, 0.15) is 17.3 Å². The summed E-state index contributed by atoms with van der Waals surface area (Å²) in [6.45, 7) is 32.5. The maximum Gasteiger partial charge on any atom is 0.137 e. The van der Waals surface area contributed by atoms with Crippen LogP contribution >= 0.6 is 0 Å². The van der Waals surface area contributed by atoms with Crippen LogP contribution in [0.4, 0.5) is 0 Å². The van der Waals surface area contributed by atoms with E-state index in [0.29, 0.717) is 23.7 Å². The van der Waals surface area contributed by atoms with Crippen molar-refractivity contribution in [2.75, 3.05) is 0 Å². The van der Waals surface area contributed by atoms with Crippen LogP contribution in [0.25, 0.3) is 33.3 Å². The molecule has 0 fully saturated rings. The Bertz CT molecular complexity index is 2420. The molecule has 3 atom stereocenters. The van der Waals surface area contributed by atoms with E-state index in [2.05, 4.69) is 185 Å². The Hall–Kier alpha value is -4.64. The molecule has 5 nitrogen and oxygen atoms in total. The highest BCUT2D eigenvalue weighted by atomic mass is 16.5. The molecule has 0 aliphatic heterocycles. The largest absolute Gasteiger partial charge is 0.457 e. The Balaban J connectivity index is 1.35. The van der Waals surface area contributed by atoms with Crippen LogP contribution in [-0.2, 0) is 5.41 Å². The van der Waals surface area contributed by atoms with Crippen molar-refractivity contribution in [3.63, 3.8) is 0 Å². The van der Waals surface area contributed by atoms with E-state index in [9.17, 15) is 0 Å². The summed E-state index contributed by atoms with van der Waals surface area (Å²) in [5, 5.41) is 7.70. The second kappa shape index (κ2) is 13.8. The fraction of sp³-hybridized carbons (Fsp3) is 0.440. The summed E-state index contributed by atoms with van der Waals surface area (Å²) in [7, 11) is 0. The molecular weight excluding hydrogens is 673 g/mol. The smallest absolute Gasteiger partial charge is 0.137 e. The lowest BCUT2D eigenvalue weighted by molar-refractivity contribution is 0.162. The highest BCUT2D eigenvalue weighted by Crippen LogP contribution is 2.54. The number of hydrogen-bond donors (Lipinski definition) is 0. The van der Waals surface area contributed by atoms with Gasteiger partial charge in [-0.3, -0.25) is 4.57 Å². The Morgan fingerprint density at radius 1 is 0.764 bits per heavy atom. The lowest BCUT2D eigenvalue weighted by atomic mass is 9.58. The predicted molar refractivity (Wildman–Crippen MR) is 231 cm³/mol. The molecule has 1 unspecified atom stereocenters. The number of allylic oxidation sites excluding steroid dienone is 2. The summed E-state index contributed by atoms with van der Waals surface area (Å²) in [6, 6.07) is 26.0. The average Bonchev–Trinajstić information content (AvgIpc) is 3.59. The fourth-order valence-corrected chi connectivity index (χ4v) is 9.02. The summed E-state index contributed by atoms with van der Waals surface area (Å²) >= 11 is 0. The van der Waals surface area contributed by atoms with Crippen molar-refractivity contribution in [3.8, 4) is 23.0 Å². The van der Waals surface area contributed by atoms with E-state index in [1.165, 1.54) is 39.6 Å². The van der Waals surface area contributed by atoms with Crippen molar-refractivity contribution in [1.29, 1.82) is 0 Å². The molecule has 6 aromatic rings. The zero-order chi connectivity index (χ0) is 39.8. The zero-order valence-corrected chi connectivity index (χ0v) is 35.8. The molecular formula is C50H62N4O. The molecule has 55 heavy (non-hydrogen) atoms. The van der Waals surface area contributed by atoms with E-state index in [0.717, 1.165) is 39.7 Å². The first-order chi connectivity index (χ1) is 25.7. The van der Waals surface area contributed by atoms with Crippen LogP contribution in [0, 0.1) is 36.5 Å². The van der Waals surface area contributed by atoms with Gasteiger partial charge in [0.2, 0.25) is 0 Å². The lowest BCUT2D eigenvalue weighted by Gasteiger charge is -2.46. The molecule has 0 saturated carbocycles. The van der Waals surface area contributed by atoms with E-state index in [1.807, 2.05) is 6.20 Å². The SMILES string of the molecule is Cc1nn(-c2cc(Oc3ccc4c5ccccc5n(-c5cc(C(C)C)ccn5)c4c3)cc(C(C)(C)C)c2)c(C)c1[C@H]1C(C(C)(C)C)=C[C@H](C)CC1C(C)(C)C. The highest BCUT2D eigenvalue weighted by molar-refractivity contribution is 6.09. The molecule has 0 amide bonds. The number of ether oxygens (including phenoxy) is 1. The summed E-state index contributed by atoms with van der Waals surface area (Å²) in [4.78, 5) is 4.86. The molecule has 288 valence electrons. The standard InChI is InChI=1S/C50H62N4O/c1-30(2)34-21-22-51-45(25-34)53-43-18-16-15-17-39(43)40-20-19-37(29-44(40)53)55-38-27-35(48(6,7)8)26-36(28-38)54-33(5)46(32(4)52-54)47-41(49(9,10)11)23-31(3)24-42(47)50(12,13)14/h15-23,25-31,42,47H,24H2,1-14H3/t31-,42?,47-/m0/s1. The van der Waals surface area contributed by atoms with Gasteiger partial charge >= 0.3 is 0 Å². The van der Waals surface area contributed by atoms with Crippen molar-refractivity contribution in [2.24, 2.45) is 22.7 Å². The normalized spacial score (nSPS) is 18.4. The van der Waals surface area contributed by atoms with Crippen LogP contribution in [0.15, 0.2) is 90.6 Å². The van der Waals surface area contributed by atoms with Crippen LogP contribution in [0.3, 0.4) is 0 Å². The molecule has 0 N–H and O–H groups in total. The number of aryl methyl sites for hydroxylation is 1. The van der Waals surface area contributed by atoms with Gasteiger partial charge in [0.25, 0.3) is 0 Å². The first-order valence-electron chi connectivity index (χ1n) is 20.3. The van der Waals surface area contributed by atoms with Gasteiger partial charge in [-0.2, -0.15) is 5.10 Å². The van der Waals surface area contributed by atoms with E-state index in [-0.39, 0.29) is 16.2 Å². The monoisotopic (exact) mass is 734 g/mol. The number of para-hydroxylation sites is 1. The molecule has 1 aliphatic rings. The molecule has 0 spiro atoms. The van der Waals surface area contributed by atoms with Crippen molar-refractivity contribution in [2.45, 2.75) is 121 Å². The number of fused-ring (bicyclic) bond motifs is 3. The molecule has 3 aromatic heterocycles. The third kappa shape index (κ3) is 7.28. The highest BCUT2D eigenvalue weighted by Gasteiger charge is 2.44. The number of aromatic nitrogens is 4. The minimum atomic E-state index is -0.102. The van der Waals surface area contributed by atoms with Gasteiger partial charge in [0, 0.05) is 46.3 Å². The Kier molecular flexibility index (Phi) is 9.71. The minimum absolute atomic E-state index is 0.0527. The van der Waals surface area contributed by atoms with Crippen molar-refractivity contribution in [1.82, 2.24) is 19.3 Å². The molecule has 5 heteroatoms. The average molecular weight is 735 g/mol. The maximum absolute atomic E-state index is 6.88. The van der Waals surface area contributed by atoms with Crippen LogP contribution in [0.2, 0.25) is 0 Å². The molecule has 7 rings (SSSR count).